The molecule has 0 aliphatic heterocycles. The van der Waals surface area contributed by atoms with Gasteiger partial charge in [-0.25, -0.2) is 0 Å². The number of hydrogen-bond acceptors (Lipinski definition) is 3. The number of terminal acetylenes is 1. The average Bonchev–Trinajstić information content (AvgIpc) is 2.19. The predicted molar refractivity (Wildman–Crippen MR) is 53.9 cm³/mol. The number of carbonyl (C=O) groups is 1. The smallest absolute Gasteiger partial charge is 0.240 e. The minimum Gasteiger partial charge on any atom is -0.341 e. The fourth-order valence-electron chi connectivity index (χ4n) is 1.06. The zero-order chi connectivity index (χ0) is 11.0. The molecule has 14 heavy (non-hydrogen) atoms. The van der Waals surface area contributed by atoms with Gasteiger partial charge in [0.25, 0.3) is 0 Å². The summed E-state index contributed by atoms with van der Waals surface area (Å²) in [6.07, 6.45) is 5.62. The van der Waals surface area contributed by atoms with Crippen LogP contribution in [0.15, 0.2) is 0 Å². The highest BCUT2D eigenvalue weighted by atomic mass is 16.2. The highest BCUT2D eigenvalue weighted by Gasteiger charge is 2.18. The summed E-state index contributed by atoms with van der Waals surface area (Å²) in [4.78, 5) is 13.1. The first-order chi connectivity index (χ1) is 6.67. The van der Waals surface area contributed by atoms with Crippen LogP contribution >= 0.6 is 0 Å². The summed E-state index contributed by atoms with van der Waals surface area (Å²) in [6, 6.07) is 1.34. The zero-order valence-corrected chi connectivity index (χ0v) is 8.36. The van der Waals surface area contributed by atoms with Crippen molar-refractivity contribution in [2.45, 2.75) is 25.8 Å². The molecule has 4 nitrogen and oxygen atoms in total. The second kappa shape index (κ2) is 6.94. The van der Waals surface area contributed by atoms with E-state index in [4.69, 9.17) is 17.4 Å². The zero-order valence-electron chi connectivity index (χ0n) is 8.36. The standard InChI is InChI=1S/C10H15N3O/c1-3-6-9(12)10(14)13(4-2)8-5-7-11/h1,9H,4-6,8,12H2,2H3. The highest BCUT2D eigenvalue weighted by molar-refractivity contribution is 5.81. The summed E-state index contributed by atoms with van der Waals surface area (Å²) in [6.45, 7) is 2.82. The molecule has 0 aromatic heterocycles. The van der Waals surface area contributed by atoms with Gasteiger partial charge in [0.1, 0.15) is 0 Å². The van der Waals surface area contributed by atoms with Crippen molar-refractivity contribution in [1.29, 1.82) is 5.26 Å². The maximum absolute atomic E-state index is 11.6. The molecule has 1 unspecified atom stereocenters. The number of nitrogens with zero attached hydrogens (tertiary/aromatic N) is 2. The van der Waals surface area contributed by atoms with E-state index in [9.17, 15) is 4.79 Å². The molecule has 0 rings (SSSR count). The normalized spacial score (nSPS) is 11.1. The van der Waals surface area contributed by atoms with E-state index in [0.717, 1.165) is 0 Å². The number of rotatable bonds is 5. The fourth-order valence-corrected chi connectivity index (χ4v) is 1.06. The van der Waals surface area contributed by atoms with E-state index in [2.05, 4.69) is 5.92 Å². The van der Waals surface area contributed by atoms with Gasteiger partial charge in [-0.15, -0.1) is 12.3 Å². The second-order valence-electron chi connectivity index (χ2n) is 2.84. The third kappa shape index (κ3) is 3.93. The lowest BCUT2D eigenvalue weighted by Crippen LogP contribution is -2.43. The summed E-state index contributed by atoms with van der Waals surface area (Å²) in [5, 5.41) is 8.38. The lowest BCUT2D eigenvalue weighted by Gasteiger charge is -2.22. The molecule has 0 aromatic carbocycles. The molecule has 0 fully saturated rings. The molecule has 4 heteroatoms. The van der Waals surface area contributed by atoms with E-state index in [1.54, 1.807) is 4.90 Å². The van der Waals surface area contributed by atoms with E-state index in [-0.39, 0.29) is 12.3 Å². The largest absolute Gasteiger partial charge is 0.341 e. The second-order valence-corrected chi connectivity index (χ2v) is 2.84. The van der Waals surface area contributed by atoms with Crippen LogP contribution in [0.4, 0.5) is 0 Å². The van der Waals surface area contributed by atoms with Crippen LogP contribution in [0.5, 0.6) is 0 Å². The van der Waals surface area contributed by atoms with Gasteiger partial charge in [-0.05, 0) is 6.92 Å². The summed E-state index contributed by atoms with van der Waals surface area (Å²) in [7, 11) is 0. The van der Waals surface area contributed by atoms with E-state index >= 15 is 0 Å². The van der Waals surface area contributed by atoms with Crippen molar-refractivity contribution < 1.29 is 4.79 Å². The van der Waals surface area contributed by atoms with Crippen LogP contribution in [0.3, 0.4) is 0 Å². The van der Waals surface area contributed by atoms with Crippen molar-refractivity contribution in [2.24, 2.45) is 5.73 Å². The maximum atomic E-state index is 11.6. The molecule has 0 aliphatic rings. The molecule has 0 aliphatic carbocycles. The number of hydrogen-bond donors (Lipinski definition) is 1. The SMILES string of the molecule is C#CCC(N)C(=O)N(CC)CCC#N. The van der Waals surface area contributed by atoms with Gasteiger partial charge < -0.3 is 10.6 Å². The van der Waals surface area contributed by atoms with Crippen LogP contribution in [0, 0.1) is 23.7 Å². The monoisotopic (exact) mass is 193 g/mol. The van der Waals surface area contributed by atoms with E-state index in [1.807, 2.05) is 13.0 Å². The van der Waals surface area contributed by atoms with Crippen LogP contribution < -0.4 is 5.73 Å². The summed E-state index contributed by atoms with van der Waals surface area (Å²) >= 11 is 0. The Labute approximate surface area is 84.7 Å². The molecule has 76 valence electrons. The van der Waals surface area contributed by atoms with Crippen molar-refractivity contribution in [3.63, 3.8) is 0 Å². The Balaban J connectivity index is 4.18. The van der Waals surface area contributed by atoms with Gasteiger partial charge in [0.2, 0.25) is 5.91 Å². The minimum absolute atomic E-state index is 0.180. The Kier molecular flexibility index (Phi) is 6.19. The van der Waals surface area contributed by atoms with Crippen molar-refractivity contribution in [2.75, 3.05) is 13.1 Å². The Morgan fingerprint density at radius 1 is 1.71 bits per heavy atom. The maximum Gasteiger partial charge on any atom is 0.240 e. The van der Waals surface area contributed by atoms with E-state index in [1.165, 1.54) is 0 Å². The van der Waals surface area contributed by atoms with Gasteiger partial charge in [0.15, 0.2) is 0 Å². The van der Waals surface area contributed by atoms with Gasteiger partial charge in [-0.2, -0.15) is 5.26 Å². The van der Waals surface area contributed by atoms with Crippen molar-refractivity contribution >= 4 is 5.91 Å². The van der Waals surface area contributed by atoms with Crippen LogP contribution in [0.1, 0.15) is 19.8 Å². The van der Waals surface area contributed by atoms with Gasteiger partial charge in [-0.1, -0.05) is 0 Å². The van der Waals surface area contributed by atoms with Crippen molar-refractivity contribution in [3.05, 3.63) is 0 Å². The average molecular weight is 193 g/mol. The molecule has 0 saturated carbocycles. The number of amides is 1. The van der Waals surface area contributed by atoms with Crippen LogP contribution in [0.2, 0.25) is 0 Å². The Hall–Kier alpha value is -1.52. The lowest BCUT2D eigenvalue weighted by atomic mass is 10.2. The predicted octanol–water partition coefficient (Wildman–Crippen LogP) is 0.0992. The number of carbonyl (C=O) groups excluding carboxylic acids is 1. The molecule has 0 saturated heterocycles. The van der Waals surface area contributed by atoms with Gasteiger partial charge >= 0.3 is 0 Å². The topological polar surface area (TPSA) is 70.1 Å². The molecular weight excluding hydrogens is 178 g/mol. The fraction of sp³-hybridized carbons (Fsp3) is 0.600. The molecule has 1 atom stereocenters. The molecular formula is C10H15N3O. The Morgan fingerprint density at radius 3 is 2.79 bits per heavy atom. The third-order valence-electron chi connectivity index (χ3n) is 1.84. The van der Waals surface area contributed by atoms with Crippen molar-refractivity contribution in [3.8, 4) is 18.4 Å². The first-order valence-electron chi connectivity index (χ1n) is 4.52. The number of nitrogens with two attached hydrogens (primary N) is 1. The molecule has 0 heterocycles. The first kappa shape index (κ1) is 12.5. The van der Waals surface area contributed by atoms with Crippen LogP contribution in [-0.4, -0.2) is 29.9 Å². The summed E-state index contributed by atoms with van der Waals surface area (Å²) < 4.78 is 0. The highest BCUT2D eigenvalue weighted by Crippen LogP contribution is 1.98. The summed E-state index contributed by atoms with van der Waals surface area (Å²) in [5.41, 5.74) is 5.56. The van der Waals surface area contributed by atoms with E-state index in [0.29, 0.717) is 19.5 Å². The summed E-state index contributed by atoms with van der Waals surface area (Å²) in [5.74, 6) is 2.17. The lowest BCUT2D eigenvalue weighted by molar-refractivity contribution is -0.132. The van der Waals surface area contributed by atoms with E-state index < -0.39 is 6.04 Å². The van der Waals surface area contributed by atoms with Gasteiger partial charge in [-0.3, -0.25) is 4.79 Å². The molecule has 1 amide bonds. The van der Waals surface area contributed by atoms with Gasteiger partial charge in [0, 0.05) is 19.5 Å². The van der Waals surface area contributed by atoms with Crippen LogP contribution in [0.25, 0.3) is 0 Å². The number of likely N-dealkylation sites (N-methyl/N-ethyl adjacent to an activating group) is 1. The Bertz CT molecular complexity index is 262. The first-order valence-corrected chi connectivity index (χ1v) is 4.52. The molecule has 0 bridgehead atoms. The van der Waals surface area contributed by atoms with Gasteiger partial charge in [0.05, 0.1) is 18.5 Å². The Morgan fingerprint density at radius 2 is 2.36 bits per heavy atom. The number of nitriles is 1. The van der Waals surface area contributed by atoms with Crippen molar-refractivity contribution in [1.82, 2.24) is 4.90 Å². The third-order valence-corrected chi connectivity index (χ3v) is 1.84. The quantitative estimate of drug-likeness (QED) is 0.629. The molecule has 0 spiro atoms. The molecule has 0 radical (unpaired) electrons. The minimum atomic E-state index is -0.640. The van der Waals surface area contributed by atoms with Crippen LogP contribution in [-0.2, 0) is 4.79 Å². The molecule has 0 aromatic rings. The molecule has 2 N–H and O–H groups in total.